The number of rotatable bonds is 6. The van der Waals surface area contributed by atoms with Gasteiger partial charge >= 0.3 is 5.97 Å². The van der Waals surface area contributed by atoms with Gasteiger partial charge in [-0.05, 0) is 17.3 Å². The monoisotopic (exact) mass is 271 g/mol. The van der Waals surface area contributed by atoms with E-state index in [9.17, 15) is 9.59 Å². The highest BCUT2D eigenvalue weighted by atomic mass is 16.4. The number of nitrogens with one attached hydrogen (secondary N) is 1. The predicted molar refractivity (Wildman–Crippen MR) is 76.9 cm³/mol. The fourth-order valence-corrected chi connectivity index (χ4v) is 1.57. The average molecular weight is 271 g/mol. The second-order valence-electron chi connectivity index (χ2n) is 7.62. The number of aliphatic carboxylic acids is 1. The van der Waals surface area contributed by atoms with Gasteiger partial charge in [0.1, 0.15) is 0 Å². The predicted octanol–water partition coefficient (Wildman–Crippen LogP) is 3.07. The molecule has 1 amide bonds. The Hall–Kier alpha value is -1.06. The van der Waals surface area contributed by atoms with Crippen LogP contribution >= 0.6 is 0 Å². The van der Waals surface area contributed by atoms with Crippen LogP contribution in [0.2, 0.25) is 0 Å². The molecule has 0 bridgehead atoms. The highest BCUT2D eigenvalue weighted by Gasteiger charge is 2.39. The fraction of sp³-hybridized carbons (Fsp3) is 0.867. The van der Waals surface area contributed by atoms with Crippen molar-refractivity contribution in [2.45, 2.75) is 61.3 Å². The molecule has 0 aliphatic heterocycles. The van der Waals surface area contributed by atoms with Crippen molar-refractivity contribution < 1.29 is 14.7 Å². The molecule has 0 aliphatic carbocycles. The summed E-state index contributed by atoms with van der Waals surface area (Å²) in [4.78, 5) is 22.9. The van der Waals surface area contributed by atoms with Crippen LogP contribution in [0.25, 0.3) is 0 Å². The third-order valence-corrected chi connectivity index (χ3v) is 4.16. The van der Waals surface area contributed by atoms with E-state index in [-0.39, 0.29) is 23.2 Å². The summed E-state index contributed by atoms with van der Waals surface area (Å²) < 4.78 is 0. The van der Waals surface area contributed by atoms with E-state index in [1.54, 1.807) is 0 Å². The Morgan fingerprint density at radius 1 is 1.00 bits per heavy atom. The zero-order chi connectivity index (χ0) is 15.5. The van der Waals surface area contributed by atoms with Crippen LogP contribution in [-0.4, -0.2) is 23.5 Å². The molecule has 2 N–H and O–H groups in total. The summed E-state index contributed by atoms with van der Waals surface area (Å²) in [6, 6.07) is 0. The van der Waals surface area contributed by atoms with Gasteiger partial charge in [-0.25, -0.2) is 0 Å². The number of hydrogen-bond donors (Lipinski definition) is 2. The fourth-order valence-electron chi connectivity index (χ4n) is 1.57. The van der Waals surface area contributed by atoms with Crippen LogP contribution in [0.3, 0.4) is 0 Å². The molecule has 0 rings (SSSR count). The van der Waals surface area contributed by atoms with E-state index in [0.717, 1.165) is 0 Å². The van der Waals surface area contributed by atoms with Gasteiger partial charge in [-0.2, -0.15) is 0 Å². The van der Waals surface area contributed by atoms with E-state index >= 15 is 0 Å². The highest BCUT2D eigenvalue weighted by molar-refractivity contribution is 5.82. The third-order valence-electron chi connectivity index (χ3n) is 4.16. The van der Waals surface area contributed by atoms with Crippen LogP contribution in [0.4, 0.5) is 0 Å². The second kappa shape index (κ2) is 5.93. The smallest absolute Gasteiger partial charge is 0.303 e. The topological polar surface area (TPSA) is 66.4 Å². The largest absolute Gasteiger partial charge is 0.481 e. The van der Waals surface area contributed by atoms with Gasteiger partial charge in [0.15, 0.2) is 0 Å². The maximum atomic E-state index is 12.2. The number of hydrogen-bond acceptors (Lipinski definition) is 2. The molecule has 0 atom stereocenters. The van der Waals surface area contributed by atoms with Gasteiger partial charge in [0, 0.05) is 12.0 Å². The standard InChI is InChI=1S/C15H29NO3/c1-13(2,3)15(6,7)12(19)16-9-8-14(4,5)10-11(17)18/h8-10H2,1-7H3,(H,16,19)(H,17,18). The number of carbonyl (C=O) groups is 2. The maximum Gasteiger partial charge on any atom is 0.303 e. The van der Waals surface area contributed by atoms with E-state index in [1.165, 1.54) is 0 Å². The van der Waals surface area contributed by atoms with E-state index in [2.05, 4.69) is 5.32 Å². The number of carboxylic acids is 1. The van der Waals surface area contributed by atoms with E-state index in [0.29, 0.717) is 13.0 Å². The second-order valence-corrected chi connectivity index (χ2v) is 7.62. The Bertz CT molecular complexity index is 338. The van der Waals surface area contributed by atoms with Gasteiger partial charge in [0.25, 0.3) is 0 Å². The van der Waals surface area contributed by atoms with Crippen molar-refractivity contribution in [3.05, 3.63) is 0 Å². The normalized spacial score (nSPS) is 13.2. The first kappa shape index (κ1) is 17.9. The molecule has 0 aromatic carbocycles. The molecule has 4 nitrogen and oxygen atoms in total. The van der Waals surface area contributed by atoms with Crippen molar-refractivity contribution in [3.63, 3.8) is 0 Å². The van der Waals surface area contributed by atoms with Gasteiger partial charge in [0.05, 0.1) is 6.42 Å². The first-order valence-electron chi connectivity index (χ1n) is 6.80. The quantitative estimate of drug-likeness (QED) is 0.780. The van der Waals surface area contributed by atoms with Crippen molar-refractivity contribution in [2.24, 2.45) is 16.2 Å². The van der Waals surface area contributed by atoms with Crippen LogP contribution < -0.4 is 5.32 Å². The maximum absolute atomic E-state index is 12.2. The summed E-state index contributed by atoms with van der Waals surface area (Å²) in [5, 5.41) is 11.7. The summed E-state index contributed by atoms with van der Waals surface area (Å²) in [6.45, 7) is 14.3. The van der Waals surface area contributed by atoms with Crippen molar-refractivity contribution in [1.82, 2.24) is 5.32 Å². The molecular weight excluding hydrogens is 242 g/mol. The molecule has 0 aromatic rings. The minimum atomic E-state index is -0.800. The highest BCUT2D eigenvalue weighted by Crippen LogP contribution is 2.38. The Kier molecular flexibility index (Phi) is 5.60. The van der Waals surface area contributed by atoms with Gasteiger partial charge in [-0.3, -0.25) is 9.59 Å². The Morgan fingerprint density at radius 2 is 1.47 bits per heavy atom. The molecule has 0 heterocycles. The van der Waals surface area contributed by atoms with Crippen molar-refractivity contribution in [3.8, 4) is 0 Å². The lowest BCUT2D eigenvalue weighted by Crippen LogP contribution is -2.45. The molecule has 0 aromatic heterocycles. The molecule has 0 saturated carbocycles. The van der Waals surface area contributed by atoms with E-state index in [4.69, 9.17) is 5.11 Å². The van der Waals surface area contributed by atoms with Crippen molar-refractivity contribution >= 4 is 11.9 Å². The van der Waals surface area contributed by atoms with Gasteiger partial charge in [-0.1, -0.05) is 48.5 Å². The summed E-state index contributed by atoms with van der Waals surface area (Å²) in [6.07, 6.45) is 0.775. The van der Waals surface area contributed by atoms with Gasteiger partial charge in [0.2, 0.25) is 5.91 Å². The minimum Gasteiger partial charge on any atom is -0.481 e. The van der Waals surface area contributed by atoms with Crippen LogP contribution in [0.15, 0.2) is 0 Å². The Balaban J connectivity index is 4.37. The number of carboxylic acid groups (broad SMARTS) is 1. The zero-order valence-electron chi connectivity index (χ0n) is 13.4. The van der Waals surface area contributed by atoms with Gasteiger partial charge < -0.3 is 10.4 Å². The first-order chi connectivity index (χ1) is 8.29. The van der Waals surface area contributed by atoms with Crippen LogP contribution in [0.5, 0.6) is 0 Å². The molecule has 0 aliphatic rings. The summed E-state index contributed by atoms with van der Waals surface area (Å²) in [5.41, 5.74) is -0.872. The van der Waals surface area contributed by atoms with E-state index in [1.807, 2.05) is 48.5 Å². The lowest BCUT2D eigenvalue weighted by Gasteiger charge is -2.37. The molecular formula is C15H29NO3. The lowest BCUT2D eigenvalue weighted by atomic mass is 9.68. The molecule has 0 unspecified atom stereocenters. The Labute approximate surface area is 117 Å². The van der Waals surface area contributed by atoms with Gasteiger partial charge in [-0.15, -0.1) is 0 Å². The minimum absolute atomic E-state index is 0.0196. The SMILES string of the molecule is CC(C)(CCNC(=O)C(C)(C)C(C)(C)C)CC(=O)O. The average Bonchev–Trinajstić information content (AvgIpc) is 2.12. The molecule has 112 valence electrons. The molecule has 4 heteroatoms. The van der Waals surface area contributed by atoms with Crippen LogP contribution in [0.1, 0.15) is 61.3 Å². The molecule has 0 saturated heterocycles. The first-order valence-corrected chi connectivity index (χ1v) is 6.80. The van der Waals surface area contributed by atoms with Crippen LogP contribution in [-0.2, 0) is 9.59 Å². The van der Waals surface area contributed by atoms with Crippen molar-refractivity contribution in [1.29, 1.82) is 0 Å². The summed E-state index contributed by atoms with van der Waals surface area (Å²) in [5.74, 6) is -0.780. The molecule has 0 spiro atoms. The zero-order valence-corrected chi connectivity index (χ0v) is 13.4. The Morgan fingerprint density at radius 3 is 1.84 bits per heavy atom. The summed E-state index contributed by atoms with van der Waals surface area (Å²) >= 11 is 0. The lowest BCUT2D eigenvalue weighted by molar-refractivity contribution is -0.139. The van der Waals surface area contributed by atoms with E-state index < -0.39 is 11.4 Å². The van der Waals surface area contributed by atoms with Crippen molar-refractivity contribution in [2.75, 3.05) is 6.54 Å². The summed E-state index contributed by atoms with van der Waals surface area (Å²) in [7, 11) is 0. The third kappa shape index (κ3) is 5.62. The molecule has 19 heavy (non-hydrogen) atoms. The number of carbonyl (C=O) groups excluding carboxylic acids is 1. The van der Waals surface area contributed by atoms with Crippen LogP contribution in [0, 0.1) is 16.2 Å². The molecule has 0 radical (unpaired) electrons. The molecule has 0 fully saturated rings. The number of amides is 1.